The molecule has 4 aromatic rings. The van der Waals surface area contributed by atoms with Crippen LogP contribution in [-0.2, 0) is 20.0 Å². The number of pyridine rings is 1. The van der Waals surface area contributed by atoms with Gasteiger partial charge in [-0.05, 0) is 37.6 Å². The van der Waals surface area contributed by atoms with Crippen molar-refractivity contribution in [3.05, 3.63) is 65.5 Å². The highest BCUT2D eigenvalue weighted by Crippen LogP contribution is 2.30. The second kappa shape index (κ2) is 6.41. The minimum Gasteiger partial charge on any atom is -0.351 e. The number of benzene rings is 1. The molecule has 0 saturated carbocycles. The largest absolute Gasteiger partial charge is 0.351 e. The Bertz CT molecular complexity index is 1190. The van der Waals surface area contributed by atoms with Gasteiger partial charge in [-0.25, -0.2) is 9.97 Å². The van der Waals surface area contributed by atoms with E-state index in [1.807, 2.05) is 24.9 Å². The van der Waals surface area contributed by atoms with Gasteiger partial charge in [0.05, 0.1) is 11.2 Å². The Balaban J connectivity index is 1.54. The molecule has 28 heavy (non-hydrogen) atoms. The summed E-state index contributed by atoms with van der Waals surface area (Å²) in [5, 5.41) is 5.58. The lowest BCUT2D eigenvalue weighted by atomic mass is 10.0. The first kappa shape index (κ1) is 16.9. The standard InChI is InChI=1S/C22H22N6/c1-14-4-5-21-18(8-14)22(25-13-24-21)28-7-6-20-17(11-28)9-16(10-23-20)19-12-27(3)26-15(19)2/h4-5,8-10,12-13H,6-7,11H2,1-3H3. The predicted molar refractivity (Wildman–Crippen MR) is 110 cm³/mol. The fourth-order valence-electron chi connectivity index (χ4n) is 4.05. The van der Waals surface area contributed by atoms with E-state index in [4.69, 9.17) is 4.98 Å². The lowest BCUT2D eigenvalue weighted by Crippen LogP contribution is -2.31. The van der Waals surface area contributed by atoms with Gasteiger partial charge >= 0.3 is 0 Å². The summed E-state index contributed by atoms with van der Waals surface area (Å²) >= 11 is 0. The zero-order chi connectivity index (χ0) is 19.3. The normalized spacial score (nSPS) is 13.8. The molecule has 140 valence electrons. The highest BCUT2D eigenvalue weighted by atomic mass is 15.2. The average Bonchev–Trinajstić information content (AvgIpc) is 3.04. The summed E-state index contributed by atoms with van der Waals surface area (Å²) in [6.45, 7) is 5.85. The molecular weight excluding hydrogens is 348 g/mol. The molecular formula is C22H22N6. The summed E-state index contributed by atoms with van der Waals surface area (Å²) in [6.07, 6.45) is 6.61. The van der Waals surface area contributed by atoms with Crippen molar-refractivity contribution in [2.24, 2.45) is 7.05 Å². The van der Waals surface area contributed by atoms with Crippen LogP contribution in [0.4, 0.5) is 5.82 Å². The Labute approximate surface area is 163 Å². The molecule has 5 rings (SSSR count). The van der Waals surface area contributed by atoms with Gasteiger partial charge in [0.1, 0.15) is 12.1 Å². The van der Waals surface area contributed by atoms with E-state index in [-0.39, 0.29) is 0 Å². The maximum Gasteiger partial charge on any atom is 0.140 e. The molecule has 1 aliphatic heterocycles. The summed E-state index contributed by atoms with van der Waals surface area (Å²) in [7, 11) is 1.95. The molecule has 4 heterocycles. The molecule has 1 aliphatic rings. The molecule has 0 spiro atoms. The number of fused-ring (bicyclic) bond motifs is 2. The van der Waals surface area contributed by atoms with E-state index in [1.54, 1.807) is 6.33 Å². The molecule has 0 amide bonds. The van der Waals surface area contributed by atoms with Crippen LogP contribution in [0.15, 0.2) is 43.0 Å². The van der Waals surface area contributed by atoms with Gasteiger partial charge in [-0.2, -0.15) is 5.10 Å². The van der Waals surface area contributed by atoms with Crippen molar-refractivity contribution in [3.63, 3.8) is 0 Å². The number of aryl methyl sites for hydroxylation is 3. The summed E-state index contributed by atoms with van der Waals surface area (Å²) in [6, 6.07) is 8.59. The first-order valence-corrected chi connectivity index (χ1v) is 9.53. The van der Waals surface area contributed by atoms with Crippen molar-refractivity contribution in [1.29, 1.82) is 0 Å². The molecule has 0 fully saturated rings. The van der Waals surface area contributed by atoms with Crippen LogP contribution >= 0.6 is 0 Å². The summed E-state index contributed by atoms with van der Waals surface area (Å²) < 4.78 is 1.85. The van der Waals surface area contributed by atoms with Crippen molar-refractivity contribution in [1.82, 2.24) is 24.7 Å². The highest BCUT2D eigenvalue weighted by Gasteiger charge is 2.21. The number of hydrogen-bond acceptors (Lipinski definition) is 5. The number of hydrogen-bond donors (Lipinski definition) is 0. The van der Waals surface area contributed by atoms with E-state index >= 15 is 0 Å². The van der Waals surface area contributed by atoms with Crippen LogP contribution < -0.4 is 4.90 Å². The third-order valence-corrected chi connectivity index (χ3v) is 5.43. The second-order valence-electron chi connectivity index (χ2n) is 7.52. The van der Waals surface area contributed by atoms with Gasteiger partial charge in [-0.15, -0.1) is 0 Å². The minimum absolute atomic E-state index is 0.801. The Hall–Kier alpha value is -3.28. The quantitative estimate of drug-likeness (QED) is 0.539. The highest BCUT2D eigenvalue weighted by molar-refractivity contribution is 5.90. The van der Waals surface area contributed by atoms with E-state index in [2.05, 4.69) is 57.4 Å². The molecule has 0 unspecified atom stereocenters. The zero-order valence-corrected chi connectivity index (χ0v) is 16.3. The molecule has 3 aromatic heterocycles. The van der Waals surface area contributed by atoms with Crippen molar-refractivity contribution < 1.29 is 0 Å². The average molecular weight is 370 g/mol. The Morgan fingerprint density at radius 1 is 1.04 bits per heavy atom. The van der Waals surface area contributed by atoms with Gasteiger partial charge in [0.15, 0.2) is 0 Å². The van der Waals surface area contributed by atoms with Crippen LogP contribution in [-0.4, -0.2) is 31.3 Å². The second-order valence-corrected chi connectivity index (χ2v) is 7.52. The molecule has 0 saturated heterocycles. The Morgan fingerprint density at radius 3 is 2.75 bits per heavy atom. The fourth-order valence-corrected chi connectivity index (χ4v) is 4.05. The minimum atomic E-state index is 0.801. The van der Waals surface area contributed by atoms with Crippen LogP contribution in [0.25, 0.3) is 22.0 Å². The molecule has 1 aromatic carbocycles. The molecule has 0 radical (unpaired) electrons. The molecule has 6 heteroatoms. The first-order valence-electron chi connectivity index (χ1n) is 9.53. The van der Waals surface area contributed by atoms with Crippen LogP contribution in [0.5, 0.6) is 0 Å². The molecule has 0 atom stereocenters. The Kier molecular flexibility index (Phi) is 3.86. The molecule has 6 nitrogen and oxygen atoms in total. The zero-order valence-electron chi connectivity index (χ0n) is 16.3. The predicted octanol–water partition coefficient (Wildman–Crippen LogP) is 3.60. The van der Waals surface area contributed by atoms with E-state index in [0.29, 0.717) is 0 Å². The smallest absolute Gasteiger partial charge is 0.140 e. The fraction of sp³-hybridized carbons (Fsp3) is 0.273. The first-order chi connectivity index (χ1) is 13.6. The number of nitrogens with zero attached hydrogens (tertiary/aromatic N) is 6. The van der Waals surface area contributed by atoms with Gasteiger partial charge < -0.3 is 4.90 Å². The summed E-state index contributed by atoms with van der Waals surface area (Å²) in [5.74, 6) is 1.00. The van der Waals surface area contributed by atoms with Crippen molar-refractivity contribution >= 4 is 16.7 Å². The van der Waals surface area contributed by atoms with Crippen molar-refractivity contribution in [2.45, 2.75) is 26.8 Å². The van der Waals surface area contributed by atoms with Gasteiger partial charge in [-0.1, -0.05) is 11.6 Å². The topological polar surface area (TPSA) is 59.7 Å². The van der Waals surface area contributed by atoms with E-state index in [9.17, 15) is 0 Å². The van der Waals surface area contributed by atoms with Gasteiger partial charge in [0, 0.05) is 61.2 Å². The van der Waals surface area contributed by atoms with Gasteiger partial charge in [-0.3, -0.25) is 9.67 Å². The van der Waals surface area contributed by atoms with Crippen LogP contribution in [0, 0.1) is 13.8 Å². The molecule has 0 N–H and O–H groups in total. The number of aromatic nitrogens is 5. The maximum absolute atomic E-state index is 4.75. The lowest BCUT2D eigenvalue weighted by Gasteiger charge is -2.30. The van der Waals surface area contributed by atoms with E-state index < -0.39 is 0 Å². The van der Waals surface area contributed by atoms with Crippen LogP contribution in [0.1, 0.15) is 22.5 Å². The van der Waals surface area contributed by atoms with Crippen LogP contribution in [0.2, 0.25) is 0 Å². The monoisotopic (exact) mass is 370 g/mol. The van der Waals surface area contributed by atoms with Gasteiger partial charge in [0.2, 0.25) is 0 Å². The van der Waals surface area contributed by atoms with Crippen molar-refractivity contribution in [2.75, 3.05) is 11.4 Å². The number of rotatable bonds is 2. The van der Waals surface area contributed by atoms with Crippen molar-refractivity contribution in [3.8, 4) is 11.1 Å². The maximum atomic E-state index is 4.75. The summed E-state index contributed by atoms with van der Waals surface area (Å²) in [5.41, 5.74) is 7.92. The van der Waals surface area contributed by atoms with E-state index in [0.717, 1.165) is 53.1 Å². The Morgan fingerprint density at radius 2 is 1.93 bits per heavy atom. The molecule has 0 aliphatic carbocycles. The summed E-state index contributed by atoms with van der Waals surface area (Å²) in [4.78, 5) is 16.1. The van der Waals surface area contributed by atoms with Gasteiger partial charge in [0.25, 0.3) is 0 Å². The van der Waals surface area contributed by atoms with Crippen LogP contribution in [0.3, 0.4) is 0 Å². The lowest BCUT2D eigenvalue weighted by molar-refractivity contribution is 0.705. The van der Waals surface area contributed by atoms with E-state index in [1.165, 1.54) is 16.8 Å². The third-order valence-electron chi connectivity index (χ3n) is 5.43. The third kappa shape index (κ3) is 2.81. The molecule has 0 bridgehead atoms. The number of anilines is 1. The SMILES string of the molecule is Cc1ccc2ncnc(N3CCc4ncc(-c5cn(C)nc5C)cc4C3)c2c1.